The van der Waals surface area contributed by atoms with Gasteiger partial charge in [-0.3, -0.25) is 9.48 Å². The highest BCUT2D eigenvalue weighted by Crippen LogP contribution is 2.37. The molecule has 0 spiro atoms. The van der Waals surface area contributed by atoms with Gasteiger partial charge >= 0.3 is 5.63 Å². The van der Waals surface area contributed by atoms with Crippen molar-refractivity contribution in [3.8, 4) is 11.3 Å². The van der Waals surface area contributed by atoms with E-state index in [4.69, 9.17) is 9.40 Å². The molecule has 0 saturated carbocycles. The van der Waals surface area contributed by atoms with E-state index in [1.54, 1.807) is 12.3 Å². The largest absolute Gasteiger partial charge is 0.422 e. The molecule has 41 heavy (non-hydrogen) atoms. The Labute approximate surface area is 236 Å². The van der Waals surface area contributed by atoms with Gasteiger partial charge < -0.3 is 20.0 Å². The second-order valence-corrected chi connectivity index (χ2v) is 11.3. The summed E-state index contributed by atoms with van der Waals surface area (Å²) in [5.74, 6) is 0.465. The number of carbonyl (C=O) groups is 1. The van der Waals surface area contributed by atoms with Gasteiger partial charge in [-0.1, -0.05) is 19.9 Å². The predicted octanol–water partition coefficient (Wildman–Crippen LogP) is 4.76. The van der Waals surface area contributed by atoms with Crippen LogP contribution in [0.2, 0.25) is 0 Å². The minimum atomic E-state index is -0.613. The second-order valence-electron chi connectivity index (χ2n) is 11.3. The molecule has 0 radical (unpaired) electrons. The number of rotatable bonds is 6. The lowest BCUT2D eigenvalue weighted by Crippen LogP contribution is -2.44. The third-order valence-electron chi connectivity index (χ3n) is 8.21. The van der Waals surface area contributed by atoms with Crippen LogP contribution in [0.15, 0.2) is 57.9 Å². The van der Waals surface area contributed by atoms with Crippen LogP contribution in [0.5, 0.6) is 0 Å². The minimum absolute atomic E-state index is 0.119. The van der Waals surface area contributed by atoms with E-state index < -0.39 is 5.63 Å². The SMILES string of the molecule is CC(=O)c1c(N2CC3CC2CN3)c2ccc(Nc3nccc(-c4ccc5nn(C)c(C(C)C)c5c4)n3)cc2oc1=O. The highest BCUT2D eigenvalue weighted by atomic mass is 16.4. The molecule has 10 heteroatoms. The van der Waals surface area contributed by atoms with Crippen LogP contribution in [-0.4, -0.2) is 50.7 Å². The molecule has 7 rings (SSSR count). The van der Waals surface area contributed by atoms with Crippen LogP contribution < -0.4 is 21.2 Å². The van der Waals surface area contributed by atoms with Crippen molar-refractivity contribution in [2.75, 3.05) is 23.3 Å². The van der Waals surface area contributed by atoms with Crippen LogP contribution >= 0.6 is 0 Å². The number of anilines is 3. The summed E-state index contributed by atoms with van der Waals surface area (Å²) in [5.41, 5.74) is 5.15. The normalized spacial score (nSPS) is 18.2. The summed E-state index contributed by atoms with van der Waals surface area (Å²) >= 11 is 0. The summed E-state index contributed by atoms with van der Waals surface area (Å²) in [7, 11) is 1.98. The van der Waals surface area contributed by atoms with E-state index in [-0.39, 0.29) is 17.4 Å². The lowest BCUT2D eigenvalue weighted by Gasteiger charge is -2.31. The molecular weight excluding hydrogens is 518 g/mol. The van der Waals surface area contributed by atoms with Crippen molar-refractivity contribution in [3.05, 3.63) is 70.3 Å². The van der Waals surface area contributed by atoms with Crippen molar-refractivity contribution in [2.45, 2.75) is 45.2 Å². The van der Waals surface area contributed by atoms with Crippen LogP contribution in [0.1, 0.15) is 49.2 Å². The van der Waals surface area contributed by atoms with Crippen LogP contribution in [0.4, 0.5) is 17.3 Å². The maximum Gasteiger partial charge on any atom is 0.349 e. The van der Waals surface area contributed by atoms with E-state index in [0.717, 1.165) is 47.1 Å². The standard InChI is InChI=1S/C31H31N7O3/c1-16(2)28-23-11-18(5-8-25(23)36-37(28)4)24-9-10-32-31(35-24)34-19-6-7-22-26(13-19)41-30(40)27(17(3)39)29(22)38-15-20-12-21(38)14-33-20/h5-11,13,16,20-21,33H,12,14-15H2,1-4H3,(H,32,34,35). The fourth-order valence-electron chi connectivity index (χ4n) is 6.48. The molecule has 0 amide bonds. The number of carbonyl (C=O) groups excluding carboxylic acids is 1. The molecule has 5 aromatic rings. The van der Waals surface area contributed by atoms with Gasteiger partial charge in [-0.05, 0) is 49.6 Å². The summed E-state index contributed by atoms with van der Waals surface area (Å²) in [6.07, 6.45) is 2.72. The molecule has 2 unspecified atom stereocenters. The number of Topliss-reactive ketones (excluding diaryl/α,β-unsaturated/α-hetero) is 1. The first-order valence-corrected chi connectivity index (χ1v) is 14.0. The Hall–Kier alpha value is -4.57. The quantitative estimate of drug-likeness (QED) is 0.228. The Morgan fingerprint density at radius 1 is 1.15 bits per heavy atom. The zero-order valence-electron chi connectivity index (χ0n) is 23.4. The van der Waals surface area contributed by atoms with Gasteiger partial charge in [0.05, 0.1) is 16.9 Å². The first-order chi connectivity index (χ1) is 19.8. The Kier molecular flexibility index (Phi) is 5.90. The fraction of sp³-hybridized carbons (Fsp3) is 0.323. The maximum atomic E-state index is 13.0. The molecule has 2 atom stereocenters. The molecule has 2 saturated heterocycles. The Morgan fingerprint density at radius 2 is 2.00 bits per heavy atom. The zero-order valence-corrected chi connectivity index (χ0v) is 23.4. The average Bonchev–Trinajstić information content (AvgIpc) is 3.65. The Bertz CT molecular complexity index is 1910. The molecule has 2 fully saturated rings. The Balaban J connectivity index is 1.24. The van der Waals surface area contributed by atoms with Gasteiger partial charge in [0.1, 0.15) is 11.1 Å². The highest BCUT2D eigenvalue weighted by molar-refractivity contribution is 6.07. The molecule has 2 aromatic carbocycles. The van der Waals surface area contributed by atoms with Gasteiger partial charge in [0.15, 0.2) is 5.78 Å². The topological polar surface area (TPSA) is 118 Å². The number of aryl methyl sites for hydroxylation is 1. The fourth-order valence-corrected chi connectivity index (χ4v) is 6.48. The first kappa shape index (κ1) is 25.4. The maximum absolute atomic E-state index is 13.0. The molecule has 0 aliphatic carbocycles. The van der Waals surface area contributed by atoms with E-state index in [1.807, 2.05) is 42.1 Å². The van der Waals surface area contributed by atoms with E-state index >= 15 is 0 Å². The number of aromatic nitrogens is 4. The number of nitrogens with zero attached hydrogens (tertiary/aromatic N) is 5. The third-order valence-corrected chi connectivity index (χ3v) is 8.21. The second kappa shape index (κ2) is 9.52. The summed E-state index contributed by atoms with van der Waals surface area (Å²) in [4.78, 5) is 36.9. The van der Waals surface area contributed by atoms with Gasteiger partial charge in [-0.25, -0.2) is 14.8 Å². The van der Waals surface area contributed by atoms with Crippen molar-refractivity contribution in [3.63, 3.8) is 0 Å². The van der Waals surface area contributed by atoms with Crippen molar-refractivity contribution in [1.29, 1.82) is 0 Å². The lowest BCUT2D eigenvalue weighted by atomic mass is 10.0. The summed E-state index contributed by atoms with van der Waals surface area (Å²) in [6.45, 7) is 7.34. The number of fused-ring (bicyclic) bond motifs is 4. The molecular formula is C31H31N7O3. The van der Waals surface area contributed by atoms with Crippen LogP contribution in [-0.2, 0) is 7.05 Å². The number of ketones is 1. The van der Waals surface area contributed by atoms with Crippen LogP contribution in [0.25, 0.3) is 33.1 Å². The average molecular weight is 550 g/mol. The molecule has 2 N–H and O–H groups in total. The summed E-state index contributed by atoms with van der Waals surface area (Å²) in [5, 5.41) is 13.2. The summed E-state index contributed by atoms with van der Waals surface area (Å²) < 4.78 is 7.62. The zero-order chi connectivity index (χ0) is 28.4. The smallest absolute Gasteiger partial charge is 0.349 e. The van der Waals surface area contributed by atoms with Crippen molar-refractivity contribution >= 4 is 45.0 Å². The van der Waals surface area contributed by atoms with Gasteiger partial charge in [0.25, 0.3) is 0 Å². The molecule has 2 aliphatic rings. The monoisotopic (exact) mass is 549 g/mol. The van der Waals surface area contributed by atoms with Crippen molar-refractivity contribution < 1.29 is 9.21 Å². The number of hydrogen-bond acceptors (Lipinski definition) is 9. The first-order valence-electron chi connectivity index (χ1n) is 14.0. The molecule has 2 bridgehead atoms. The van der Waals surface area contributed by atoms with Gasteiger partial charge in [0.2, 0.25) is 5.95 Å². The van der Waals surface area contributed by atoms with E-state index in [2.05, 4.69) is 45.5 Å². The number of hydrogen-bond donors (Lipinski definition) is 2. The number of nitrogens with one attached hydrogen (secondary N) is 2. The van der Waals surface area contributed by atoms with Crippen LogP contribution in [0.3, 0.4) is 0 Å². The molecule has 3 aromatic heterocycles. The Morgan fingerprint density at radius 3 is 2.73 bits per heavy atom. The predicted molar refractivity (Wildman–Crippen MR) is 159 cm³/mol. The lowest BCUT2D eigenvalue weighted by molar-refractivity contribution is 0.101. The number of piperazine rings is 1. The molecule has 5 heterocycles. The van der Waals surface area contributed by atoms with Gasteiger partial charge in [0, 0.05) is 72.2 Å². The molecule has 208 valence electrons. The van der Waals surface area contributed by atoms with E-state index in [1.165, 1.54) is 12.6 Å². The van der Waals surface area contributed by atoms with Gasteiger partial charge in [-0.15, -0.1) is 0 Å². The highest BCUT2D eigenvalue weighted by Gasteiger charge is 2.40. The van der Waals surface area contributed by atoms with Crippen LogP contribution in [0, 0.1) is 0 Å². The summed E-state index contributed by atoms with van der Waals surface area (Å²) in [6, 6.07) is 14.2. The van der Waals surface area contributed by atoms with E-state index in [0.29, 0.717) is 34.9 Å². The molecule has 2 aliphatic heterocycles. The third kappa shape index (κ3) is 4.26. The van der Waals surface area contributed by atoms with Crippen molar-refractivity contribution in [2.24, 2.45) is 7.05 Å². The van der Waals surface area contributed by atoms with Gasteiger partial charge in [-0.2, -0.15) is 5.10 Å². The minimum Gasteiger partial charge on any atom is -0.422 e. The number of benzene rings is 2. The van der Waals surface area contributed by atoms with Crippen molar-refractivity contribution in [1.82, 2.24) is 25.1 Å². The molecule has 10 nitrogen and oxygen atoms in total. The van der Waals surface area contributed by atoms with E-state index in [9.17, 15) is 9.59 Å².